The maximum absolute atomic E-state index is 12.5. The summed E-state index contributed by atoms with van der Waals surface area (Å²) in [6.07, 6.45) is 5.17. The first-order chi connectivity index (χ1) is 14.0. The van der Waals surface area contributed by atoms with Gasteiger partial charge in [0.1, 0.15) is 11.5 Å². The van der Waals surface area contributed by atoms with Crippen molar-refractivity contribution in [2.75, 3.05) is 5.32 Å². The summed E-state index contributed by atoms with van der Waals surface area (Å²) in [4.78, 5) is 16.7. The van der Waals surface area contributed by atoms with E-state index in [1.54, 1.807) is 19.2 Å². The predicted molar refractivity (Wildman–Crippen MR) is 108 cm³/mol. The zero-order valence-electron chi connectivity index (χ0n) is 16.1. The quantitative estimate of drug-likeness (QED) is 0.714. The second kappa shape index (κ2) is 6.13. The number of fused-ring (bicyclic) bond motifs is 2. The second-order valence-electron chi connectivity index (χ2n) is 7.94. The van der Waals surface area contributed by atoms with E-state index in [0.29, 0.717) is 29.1 Å². The van der Waals surface area contributed by atoms with Gasteiger partial charge in [0, 0.05) is 22.7 Å². The Bertz CT molecular complexity index is 1190. The van der Waals surface area contributed by atoms with Gasteiger partial charge in [-0.3, -0.25) is 9.48 Å². The van der Waals surface area contributed by atoms with Gasteiger partial charge in [0.05, 0.1) is 23.5 Å². The lowest BCUT2D eigenvalue weighted by Crippen LogP contribution is -2.41. The molecule has 1 amide bonds. The van der Waals surface area contributed by atoms with E-state index in [1.807, 2.05) is 28.9 Å². The topological polar surface area (TPSA) is 104 Å². The van der Waals surface area contributed by atoms with E-state index >= 15 is 0 Å². The third-order valence-electron chi connectivity index (χ3n) is 6.47. The molecule has 3 heterocycles. The molecule has 1 saturated carbocycles. The largest absolute Gasteiger partial charge is 0.375 e. The molecule has 29 heavy (non-hydrogen) atoms. The summed E-state index contributed by atoms with van der Waals surface area (Å²) in [5, 5.41) is 29.1. The summed E-state index contributed by atoms with van der Waals surface area (Å²) in [5.74, 6) is -0.0792. The van der Waals surface area contributed by atoms with Gasteiger partial charge in [0.15, 0.2) is 5.60 Å². The molecule has 1 aromatic carbocycles. The van der Waals surface area contributed by atoms with E-state index in [9.17, 15) is 15.2 Å². The fraction of sp³-hybridized carbons (Fsp3) is 0.364. The number of pyridine rings is 1. The number of rotatable bonds is 4. The molecular formula is C22H21N5O2. The molecule has 0 saturated heterocycles. The van der Waals surface area contributed by atoms with E-state index in [1.165, 1.54) is 0 Å². The van der Waals surface area contributed by atoms with Crippen LogP contribution < -0.4 is 5.32 Å². The molecule has 2 aromatic heterocycles. The molecule has 2 N–H and O–H groups in total. The summed E-state index contributed by atoms with van der Waals surface area (Å²) in [7, 11) is 0. The molecule has 1 fully saturated rings. The SMILES string of the molecule is CCC1(O)C(=O)Nc2nccc(-c3nn(C4(CC#N)CCC4)c4ccccc34)c21. The summed E-state index contributed by atoms with van der Waals surface area (Å²) in [6.45, 7) is 1.78. The molecule has 3 aromatic rings. The Labute approximate surface area is 168 Å². The summed E-state index contributed by atoms with van der Waals surface area (Å²) in [6, 6.07) is 12.1. The van der Waals surface area contributed by atoms with Gasteiger partial charge in [0.25, 0.3) is 5.91 Å². The van der Waals surface area contributed by atoms with Gasteiger partial charge >= 0.3 is 0 Å². The van der Waals surface area contributed by atoms with Crippen LogP contribution in [0.2, 0.25) is 0 Å². The van der Waals surface area contributed by atoms with Crippen molar-refractivity contribution in [2.45, 2.75) is 50.2 Å². The average Bonchev–Trinajstić information content (AvgIpc) is 3.21. The molecule has 1 atom stereocenters. The Balaban J connectivity index is 1.79. The van der Waals surface area contributed by atoms with Crippen molar-refractivity contribution >= 4 is 22.6 Å². The monoisotopic (exact) mass is 387 g/mol. The Kier molecular flexibility index (Phi) is 3.77. The average molecular weight is 387 g/mol. The van der Waals surface area contributed by atoms with E-state index < -0.39 is 11.5 Å². The van der Waals surface area contributed by atoms with Crippen molar-refractivity contribution in [1.29, 1.82) is 5.26 Å². The predicted octanol–water partition coefficient (Wildman–Crippen LogP) is 3.44. The number of amides is 1. The third-order valence-corrected chi connectivity index (χ3v) is 6.47. The van der Waals surface area contributed by atoms with E-state index in [-0.39, 0.29) is 12.0 Å². The van der Waals surface area contributed by atoms with Crippen LogP contribution in [0, 0.1) is 11.3 Å². The van der Waals surface area contributed by atoms with Crippen molar-refractivity contribution in [3.63, 3.8) is 0 Å². The zero-order valence-corrected chi connectivity index (χ0v) is 16.1. The smallest absolute Gasteiger partial charge is 0.262 e. The molecule has 7 nitrogen and oxygen atoms in total. The molecule has 0 bridgehead atoms. The fourth-order valence-electron chi connectivity index (χ4n) is 4.66. The lowest BCUT2D eigenvalue weighted by atomic mass is 9.74. The normalized spacial score (nSPS) is 22.0. The molecule has 1 aliphatic carbocycles. The van der Waals surface area contributed by atoms with Gasteiger partial charge < -0.3 is 10.4 Å². The first-order valence-electron chi connectivity index (χ1n) is 9.93. The number of hydrogen-bond donors (Lipinski definition) is 2. The molecule has 1 unspecified atom stereocenters. The minimum atomic E-state index is -1.63. The lowest BCUT2D eigenvalue weighted by Gasteiger charge is -2.40. The summed E-state index contributed by atoms with van der Waals surface area (Å²) < 4.78 is 1.99. The molecule has 2 aliphatic rings. The van der Waals surface area contributed by atoms with Crippen LogP contribution in [-0.4, -0.2) is 25.8 Å². The van der Waals surface area contributed by atoms with Crippen LogP contribution in [0.4, 0.5) is 5.82 Å². The van der Waals surface area contributed by atoms with Gasteiger partial charge in [-0.25, -0.2) is 4.98 Å². The van der Waals surface area contributed by atoms with Gasteiger partial charge in [-0.15, -0.1) is 0 Å². The number of carbonyl (C=O) groups is 1. The fourth-order valence-corrected chi connectivity index (χ4v) is 4.66. The zero-order chi connectivity index (χ0) is 20.2. The van der Waals surface area contributed by atoms with Gasteiger partial charge in [-0.1, -0.05) is 25.1 Å². The van der Waals surface area contributed by atoms with Crippen molar-refractivity contribution < 1.29 is 9.90 Å². The number of hydrogen-bond acceptors (Lipinski definition) is 5. The number of anilines is 1. The van der Waals surface area contributed by atoms with E-state index in [2.05, 4.69) is 16.4 Å². The van der Waals surface area contributed by atoms with Crippen molar-refractivity contribution in [3.05, 3.63) is 42.1 Å². The standard InChI is InChI=1S/C22H21N5O2/c1-2-22(29)17-15(8-13-24-19(17)25-20(22)28)18-14-6-3-4-7-16(14)27(26-18)21(11-12-23)9-5-10-21/h3-4,6-8,13,29H,2,5,9-11H2,1H3,(H,24,25,28). The van der Waals surface area contributed by atoms with Crippen LogP contribution in [0.1, 0.15) is 44.6 Å². The molecule has 0 radical (unpaired) electrons. The Morgan fingerprint density at radius 3 is 2.79 bits per heavy atom. The van der Waals surface area contributed by atoms with Crippen LogP contribution in [0.5, 0.6) is 0 Å². The van der Waals surface area contributed by atoms with Gasteiger partial charge in [-0.05, 0) is 37.8 Å². The highest BCUT2D eigenvalue weighted by Crippen LogP contribution is 2.47. The third kappa shape index (κ3) is 2.29. The minimum Gasteiger partial charge on any atom is -0.375 e. The number of para-hydroxylation sites is 1. The lowest BCUT2D eigenvalue weighted by molar-refractivity contribution is -0.133. The number of nitriles is 1. The molecule has 146 valence electrons. The molecule has 1 aliphatic heterocycles. The summed E-state index contributed by atoms with van der Waals surface area (Å²) >= 11 is 0. The van der Waals surface area contributed by atoms with Crippen LogP contribution in [-0.2, 0) is 15.9 Å². The Morgan fingerprint density at radius 1 is 1.31 bits per heavy atom. The van der Waals surface area contributed by atoms with Crippen molar-refractivity contribution in [2.24, 2.45) is 0 Å². The Morgan fingerprint density at radius 2 is 2.10 bits per heavy atom. The number of aromatic nitrogens is 3. The highest BCUT2D eigenvalue weighted by molar-refractivity contribution is 6.07. The second-order valence-corrected chi connectivity index (χ2v) is 7.94. The van der Waals surface area contributed by atoms with Crippen LogP contribution in [0.3, 0.4) is 0 Å². The van der Waals surface area contributed by atoms with Crippen molar-refractivity contribution in [3.8, 4) is 17.3 Å². The maximum Gasteiger partial charge on any atom is 0.262 e. The molecular weight excluding hydrogens is 366 g/mol. The highest BCUT2D eigenvalue weighted by Gasteiger charge is 2.47. The van der Waals surface area contributed by atoms with Crippen LogP contribution in [0.25, 0.3) is 22.2 Å². The molecule has 0 spiro atoms. The van der Waals surface area contributed by atoms with Gasteiger partial charge in [0.2, 0.25) is 0 Å². The minimum absolute atomic E-state index is 0.238. The van der Waals surface area contributed by atoms with E-state index in [0.717, 1.165) is 30.2 Å². The van der Waals surface area contributed by atoms with Crippen molar-refractivity contribution in [1.82, 2.24) is 14.8 Å². The molecule has 7 heteroatoms. The highest BCUT2D eigenvalue weighted by atomic mass is 16.3. The number of nitrogens with one attached hydrogen (secondary N) is 1. The number of benzene rings is 1. The number of aliphatic hydroxyl groups is 1. The first-order valence-corrected chi connectivity index (χ1v) is 9.93. The van der Waals surface area contributed by atoms with Gasteiger partial charge in [-0.2, -0.15) is 10.4 Å². The first kappa shape index (κ1) is 17.8. The number of carbonyl (C=O) groups excluding carboxylic acids is 1. The summed E-state index contributed by atoms with van der Waals surface area (Å²) in [5.41, 5.74) is 0.903. The Hall–Kier alpha value is -3.24. The maximum atomic E-state index is 12.5. The van der Waals surface area contributed by atoms with Crippen LogP contribution >= 0.6 is 0 Å². The number of nitrogens with zero attached hydrogens (tertiary/aromatic N) is 4. The molecule has 5 rings (SSSR count). The van der Waals surface area contributed by atoms with E-state index in [4.69, 9.17) is 5.10 Å². The van der Waals surface area contributed by atoms with Crippen LogP contribution in [0.15, 0.2) is 36.5 Å².